The summed E-state index contributed by atoms with van der Waals surface area (Å²) in [6, 6.07) is 8.23. The van der Waals surface area contributed by atoms with E-state index in [9.17, 15) is 9.59 Å². The highest BCUT2D eigenvalue weighted by molar-refractivity contribution is 5.94. The molecule has 0 unspecified atom stereocenters. The normalized spacial score (nSPS) is 19.0. The molecule has 21 heavy (non-hydrogen) atoms. The molecule has 1 aromatic carbocycles. The topological polar surface area (TPSA) is 46.6 Å². The zero-order valence-electron chi connectivity index (χ0n) is 13.2. The van der Waals surface area contributed by atoms with E-state index in [2.05, 4.69) is 19.1 Å². The lowest BCUT2D eigenvalue weighted by Crippen LogP contribution is -2.37. The van der Waals surface area contributed by atoms with E-state index in [1.807, 2.05) is 12.1 Å². The van der Waals surface area contributed by atoms with Gasteiger partial charge in [-0.2, -0.15) is 0 Å². The van der Waals surface area contributed by atoms with Crippen LogP contribution in [0.4, 0.5) is 4.79 Å². The van der Waals surface area contributed by atoms with E-state index < -0.39 is 11.7 Å². The maximum absolute atomic E-state index is 12.1. The lowest BCUT2D eigenvalue weighted by Gasteiger charge is -2.23. The average molecular weight is 289 g/mol. The van der Waals surface area contributed by atoms with Gasteiger partial charge in [0.05, 0.1) is 0 Å². The molecule has 1 atom stereocenters. The predicted octanol–water partition coefficient (Wildman–Crippen LogP) is 3.50. The van der Waals surface area contributed by atoms with Crippen molar-refractivity contribution in [2.24, 2.45) is 0 Å². The molecule has 4 nitrogen and oxygen atoms in total. The van der Waals surface area contributed by atoms with E-state index >= 15 is 0 Å². The van der Waals surface area contributed by atoms with Gasteiger partial charge in [0.25, 0.3) is 0 Å². The van der Waals surface area contributed by atoms with Gasteiger partial charge in [0.1, 0.15) is 5.60 Å². The first-order valence-corrected chi connectivity index (χ1v) is 7.42. The first-order valence-electron chi connectivity index (χ1n) is 7.42. The summed E-state index contributed by atoms with van der Waals surface area (Å²) in [4.78, 5) is 25.3. The molecule has 2 amide bonds. The summed E-state index contributed by atoms with van der Waals surface area (Å²) in [6.07, 6.45) is 0.790. The van der Waals surface area contributed by atoms with Crippen molar-refractivity contribution in [1.82, 2.24) is 4.90 Å². The first-order chi connectivity index (χ1) is 9.80. The third-order valence-electron chi connectivity index (χ3n) is 3.57. The Morgan fingerprint density at radius 1 is 1.38 bits per heavy atom. The van der Waals surface area contributed by atoms with Gasteiger partial charge in [0, 0.05) is 18.9 Å². The third-order valence-corrected chi connectivity index (χ3v) is 3.57. The number of amides is 2. The fourth-order valence-corrected chi connectivity index (χ4v) is 2.49. The standard InChI is InChI=1S/C17H23NO3/c1-5-12-7-6-8-13(9-12)14-10-15(19)18(11-14)16(20)21-17(2,3)4/h6-9,14H,5,10-11H2,1-4H3/t14-/m1/s1. The molecule has 4 heteroatoms. The fourth-order valence-electron chi connectivity index (χ4n) is 2.49. The highest BCUT2D eigenvalue weighted by Gasteiger charge is 2.37. The van der Waals surface area contributed by atoms with E-state index in [1.165, 1.54) is 10.5 Å². The average Bonchev–Trinajstić information content (AvgIpc) is 2.79. The molecule has 0 saturated carbocycles. The Kier molecular flexibility index (Phi) is 4.35. The van der Waals surface area contributed by atoms with Crippen LogP contribution in [0.1, 0.15) is 51.2 Å². The van der Waals surface area contributed by atoms with Crippen LogP contribution in [-0.4, -0.2) is 29.0 Å². The summed E-state index contributed by atoms with van der Waals surface area (Å²) >= 11 is 0. The van der Waals surface area contributed by atoms with Crippen molar-refractivity contribution in [3.8, 4) is 0 Å². The molecule has 1 saturated heterocycles. The van der Waals surface area contributed by atoms with Crippen molar-refractivity contribution in [2.45, 2.75) is 52.1 Å². The van der Waals surface area contributed by atoms with E-state index in [-0.39, 0.29) is 11.8 Å². The summed E-state index contributed by atoms with van der Waals surface area (Å²) in [6.45, 7) is 7.90. The SMILES string of the molecule is CCc1cccc([C@@H]2CC(=O)N(C(=O)OC(C)(C)C)C2)c1. The molecule has 114 valence electrons. The Morgan fingerprint density at radius 2 is 2.10 bits per heavy atom. The Labute approximate surface area is 126 Å². The number of rotatable bonds is 2. The van der Waals surface area contributed by atoms with Gasteiger partial charge in [-0.15, -0.1) is 0 Å². The van der Waals surface area contributed by atoms with Crippen LogP contribution >= 0.6 is 0 Å². The Bertz CT molecular complexity index is 545. The van der Waals surface area contributed by atoms with Crippen LogP contribution in [0.5, 0.6) is 0 Å². The van der Waals surface area contributed by atoms with Crippen LogP contribution in [0, 0.1) is 0 Å². The number of ether oxygens (including phenoxy) is 1. The molecule has 1 aromatic rings. The van der Waals surface area contributed by atoms with E-state index in [4.69, 9.17) is 4.74 Å². The van der Waals surface area contributed by atoms with E-state index in [0.29, 0.717) is 13.0 Å². The quantitative estimate of drug-likeness (QED) is 0.837. The minimum atomic E-state index is -0.586. The van der Waals surface area contributed by atoms with Crippen LogP contribution in [-0.2, 0) is 16.0 Å². The largest absolute Gasteiger partial charge is 0.443 e. The van der Waals surface area contributed by atoms with E-state index in [1.54, 1.807) is 20.8 Å². The molecular formula is C17H23NO3. The van der Waals surface area contributed by atoms with Crippen molar-refractivity contribution in [1.29, 1.82) is 0 Å². The lowest BCUT2D eigenvalue weighted by atomic mass is 9.96. The highest BCUT2D eigenvalue weighted by Crippen LogP contribution is 2.29. The molecule has 0 spiro atoms. The van der Waals surface area contributed by atoms with Gasteiger partial charge in [-0.05, 0) is 38.3 Å². The smallest absolute Gasteiger partial charge is 0.417 e. The number of carbonyl (C=O) groups is 2. The van der Waals surface area contributed by atoms with Crippen LogP contribution in [0.15, 0.2) is 24.3 Å². The van der Waals surface area contributed by atoms with Crippen molar-refractivity contribution >= 4 is 12.0 Å². The number of benzene rings is 1. The number of imide groups is 1. The Morgan fingerprint density at radius 3 is 2.71 bits per heavy atom. The number of hydrogen-bond acceptors (Lipinski definition) is 3. The van der Waals surface area contributed by atoms with Gasteiger partial charge in [-0.25, -0.2) is 9.69 Å². The lowest BCUT2D eigenvalue weighted by molar-refractivity contribution is -0.126. The van der Waals surface area contributed by atoms with Gasteiger partial charge < -0.3 is 4.74 Å². The number of aryl methyl sites for hydroxylation is 1. The molecule has 1 heterocycles. The van der Waals surface area contributed by atoms with Crippen LogP contribution in [0.2, 0.25) is 0 Å². The molecule has 1 aliphatic heterocycles. The molecule has 0 bridgehead atoms. The minimum absolute atomic E-state index is 0.0662. The Hall–Kier alpha value is -1.84. The zero-order valence-corrected chi connectivity index (χ0v) is 13.2. The van der Waals surface area contributed by atoms with Gasteiger partial charge in [-0.1, -0.05) is 31.2 Å². The van der Waals surface area contributed by atoms with Gasteiger partial charge in [0.2, 0.25) is 5.91 Å². The summed E-state index contributed by atoms with van der Waals surface area (Å²) < 4.78 is 5.29. The second kappa shape index (κ2) is 5.88. The first kappa shape index (κ1) is 15.5. The molecule has 0 N–H and O–H groups in total. The highest BCUT2D eigenvalue weighted by atomic mass is 16.6. The van der Waals surface area contributed by atoms with Crippen molar-refractivity contribution in [3.63, 3.8) is 0 Å². The maximum atomic E-state index is 12.1. The molecule has 1 fully saturated rings. The molecule has 1 aliphatic rings. The summed E-state index contributed by atoms with van der Waals surface area (Å²) in [5.74, 6) is -0.0901. The van der Waals surface area contributed by atoms with E-state index in [0.717, 1.165) is 12.0 Å². The summed E-state index contributed by atoms with van der Waals surface area (Å²) in [5, 5.41) is 0. The summed E-state index contributed by atoms with van der Waals surface area (Å²) in [5.41, 5.74) is 1.78. The van der Waals surface area contributed by atoms with Crippen molar-refractivity contribution in [3.05, 3.63) is 35.4 Å². The monoisotopic (exact) mass is 289 g/mol. The van der Waals surface area contributed by atoms with Gasteiger partial charge in [0.15, 0.2) is 0 Å². The fraction of sp³-hybridized carbons (Fsp3) is 0.529. The second-order valence-electron chi connectivity index (χ2n) is 6.48. The van der Waals surface area contributed by atoms with Crippen LogP contribution in [0.25, 0.3) is 0 Å². The molecule has 2 rings (SSSR count). The molecular weight excluding hydrogens is 266 g/mol. The van der Waals surface area contributed by atoms with Crippen LogP contribution < -0.4 is 0 Å². The number of hydrogen-bond donors (Lipinski definition) is 0. The van der Waals surface area contributed by atoms with Crippen LogP contribution in [0.3, 0.4) is 0 Å². The molecule has 0 aliphatic carbocycles. The number of likely N-dealkylation sites (tertiary alicyclic amines) is 1. The zero-order chi connectivity index (χ0) is 15.6. The molecule has 0 aromatic heterocycles. The maximum Gasteiger partial charge on any atom is 0.417 e. The summed E-state index contributed by atoms with van der Waals surface area (Å²) in [7, 11) is 0. The second-order valence-corrected chi connectivity index (χ2v) is 6.48. The predicted molar refractivity (Wildman–Crippen MR) is 81.1 cm³/mol. The Balaban J connectivity index is 2.10. The minimum Gasteiger partial charge on any atom is -0.443 e. The molecule has 0 radical (unpaired) electrons. The van der Waals surface area contributed by atoms with Gasteiger partial charge in [-0.3, -0.25) is 4.79 Å². The number of carbonyl (C=O) groups excluding carboxylic acids is 2. The van der Waals surface area contributed by atoms with Crippen molar-refractivity contribution in [2.75, 3.05) is 6.54 Å². The number of nitrogens with zero attached hydrogens (tertiary/aromatic N) is 1. The third kappa shape index (κ3) is 3.84. The van der Waals surface area contributed by atoms with Crippen molar-refractivity contribution < 1.29 is 14.3 Å². The van der Waals surface area contributed by atoms with Gasteiger partial charge >= 0.3 is 6.09 Å².